The van der Waals surface area contributed by atoms with Crippen LogP contribution in [0.5, 0.6) is 5.75 Å². The number of pyridine rings is 1. The topological polar surface area (TPSA) is 111 Å². The van der Waals surface area contributed by atoms with Crippen LogP contribution in [0.25, 0.3) is 5.65 Å². The van der Waals surface area contributed by atoms with Crippen LogP contribution < -0.4 is 4.74 Å². The van der Waals surface area contributed by atoms with E-state index in [0.717, 1.165) is 43.4 Å². The first-order chi connectivity index (χ1) is 18.0. The molecule has 2 aromatic heterocycles. The molecule has 10 heteroatoms. The summed E-state index contributed by atoms with van der Waals surface area (Å²) in [6, 6.07) is 7.95. The fraction of sp³-hybridized carbons (Fsp3) is 0.370. The maximum absolute atomic E-state index is 13.3. The van der Waals surface area contributed by atoms with Gasteiger partial charge in [-0.3, -0.25) is 29.0 Å². The molecule has 1 saturated carbocycles. The number of benzene rings is 1. The average Bonchev–Trinajstić information content (AvgIpc) is 3.42. The number of amides is 2. The SMILES string of the molecule is O=C1CCC(N2C(=O)c3cccc(OCc4cn5cc(CN6CCOCC6)ccc5n4)c3C2=O)C(=O)C1. The first-order valence-electron chi connectivity index (χ1n) is 12.4. The summed E-state index contributed by atoms with van der Waals surface area (Å²) in [4.78, 5) is 58.3. The van der Waals surface area contributed by atoms with Gasteiger partial charge in [0.15, 0.2) is 5.78 Å². The Hall–Kier alpha value is -3.89. The summed E-state index contributed by atoms with van der Waals surface area (Å²) in [5.74, 6) is -1.39. The predicted octanol–water partition coefficient (Wildman–Crippen LogP) is 2.03. The Bertz CT molecular complexity index is 1420. The van der Waals surface area contributed by atoms with Gasteiger partial charge in [-0.25, -0.2) is 4.98 Å². The smallest absolute Gasteiger partial charge is 0.266 e. The number of rotatable bonds is 6. The van der Waals surface area contributed by atoms with Crippen molar-refractivity contribution in [3.05, 3.63) is 65.1 Å². The minimum atomic E-state index is -0.914. The van der Waals surface area contributed by atoms with Crippen LogP contribution in [-0.4, -0.2) is 74.9 Å². The maximum Gasteiger partial charge on any atom is 0.266 e. The van der Waals surface area contributed by atoms with Gasteiger partial charge in [-0.15, -0.1) is 0 Å². The molecular weight excluding hydrogens is 476 g/mol. The van der Waals surface area contributed by atoms with E-state index in [0.29, 0.717) is 5.69 Å². The van der Waals surface area contributed by atoms with Gasteiger partial charge < -0.3 is 13.9 Å². The van der Waals surface area contributed by atoms with Gasteiger partial charge in [0.2, 0.25) is 0 Å². The van der Waals surface area contributed by atoms with Crippen LogP contribution >= 0.6 is 0 Å². The van der Waals surface area contributed by atoms with E-state index in [4.69, 9.17) is 9.47 Å². The highest BCUT2D eigenvalue weighted by molar-refractivity contribution is 6.24. The first-order valence-corrected chi connectivity index (χ1v) is 12.4. The molecular formula is C27H26N4O6. The standard InChI is InChI=1S/C27H26N4O6/c32-19-5-6-21(22(33)12-19)31-26(34)20-2-1-3-23(25(20)27(31)35)37-16-18-15-30-14-17(4-7-24(30)28-18)13-29-8-10-36-11-9-29/h1-4,7,14-15,21H,5-6,8-13,16H2. The number of Topliss-reactive ketones (excluding diaryl/α,β-unsaturated/α-hetero) is 2. The molecule has 3 aliphatic rings. The number of carbonyl (C=O) groups excluding carboxylic acids is 4. The third-order valence-electron chi connectivity index (χ3n) is 7.11. The molecule has 4 heterocycles. The van der Waals surface area contributed by atoms with E-state index in [1.54, 1.807) is 18.2 Å². The molecule has 190 valence electrons. The number of ether oxygens (including phenoxy) is 2. The molecule has 1 aliphatic carbocycles. The molecule has 0 radical (unpaired) electrons. The number of carbonyl (C=O) groups is 4. The van der Waals surface area contributed by atoms with E-state index in [9.17, 15) is 19.2 Å². The van der Waals surface area contributed by atoms with E-state index in [2.05, 4.69) is 16.0 Å². The molecule has 0 N–H and O–H groups in total. The number of hydrogen-bond donors (Lipinski definition) is 0. The van der Waals surface area contributed by atoms with E-state index in [-0.39, 0.29) is 48.5 Å². The molecule has 1 aromatic carbocycles. The molecule has 0 spiro atoms. The second-order valence-electron chi connectivity index (χ2n) is 9.61. The third kappa shape index (κ3) is 4.42. The number of ketones is 2. The van der Waals surface area contributed by atoms with Crippen LogP contribution in [0, 0.1) is 0 Å². The summed E-state index contributed by atoms with van der Waals surface area (Å²) >= 11 is 0. The van der Waals surface area contributed by atoms with E-state index in [1.165, 1.54) is 5.56 Å². The van der Waals surface area contributed by atoms with Gasteiger partial charge in [-0.05, 0) is 30.2 Å². The van der Waals surface area contributed by atoms with Gasteiger partial charge >= 0.3 is 0 Å². The second-order valence-corrected chi connectivity index (χ2v) is 9.61. The summed E-state index contributed by atoms with van der Waals surface area (Å²) in [5, 5.41) is 0. The van der Waals surface area contributed by atoms with Crippen LogP contribution in [0.15, 0.2) is 42.7 Å². The van der Waals surface area contributed by atoms with Crippen molar-refractivity contribution in [2.45, 2.75) is 38.5 Å². The van der Waals surface area contributed by atoms with Crippen molar-refractivity contribution in [3.63, 3.8) is 0 Å². The summed E-state index contributed by atoms with van der Waals surface area (Å²) < 4.78 is 13.4. The molecule has 2 amide bonds. The Kier molecular flexibility index (Phi) is 6.05. The van der Waals surface area contributed by atoms with Crippen LogP contribution in [0.2, 0.25) is 0 Å². The normalized spacial score (nSPS) is 20.6. The van der Waals surface area contributed by atoms with Crippen LogP contribution in [0.3, 0.4) is 0 Å². The molecule has 3 aromatic rings. The fourth-order valence-electron chi connectivity index (χ4n) is 5.23. The summed E-state index contributed by atoms with van der Waals surface area (Å²) in [5.41, 5.74) is 2.98. The molecule has 1 atom stereocenters. The Balaban J connectivity index is 1.18. The number of morpholine rings is 1. The van der Waals surface area contributed by atoms with Gasteiger partial charge in [0.25, 0.3) is 11.8 Å². The third-order valence-corrected chi connectivity index (χ3v) is 7.11. The van der Waals surface area contributed by atoms with Crippen molar-refractivity contribution in [1.29, 1.82) is 0 Å². The Morgan fingerprint density at radius 1 is 1.00 bits per heavy atom. The molecule has 37 heavy (non-hydrogen) atoms. The van der Waals surface area contributed by atoms with Crippen LogP contribution in [0.4, 0.5) is 0 Å². The summed E-state index contributed by atoms with van der Waals surface area (Å²) in [7, 11) is 0. The number of nitrogens with zero attached hydrogens (tertiary/aromatic N) is 4. The van der Waals surface area contributed by atoms with Crippen molar-refractivity contribution >= 4 is 29.0 Å². The minimum Gasteiger partial charge on any atom is -0.486 e. The second kappa shape index (κ2) is 9.53. The lowest BCUT2D eigenvalue weighted by Gasteiger charge is -2.27. The lowest BCUT2D eigenvalue weighted by atomic mass is 9.92. The van der Waals surface area contributed by atoms with Gasteiger partial charge in [0.05, 0.1) is 42.5 Å². The van der Waals surface area contributed by atoms with E-state index in [1.807, 2.05) is 22.9 Å². The zero-order chi connectivity index (χ0) is 25.5. The highest BCUT2D eigenvalue weighted by atomic mass is 16.5. The van der Waals surface area contributed by atoms with Gasteiger partial charge in [0, 0.05) is 38.4 Å². The Morgan fingerprint density at radius 2 is 1.84 bits per heavy atom. The Morgan fingerprint density at radius 3 is 2.65 bits per heavy atom. The first kappa shape index (κ1) is 23.5. The highest BCUT2D eigenvalue weighted by Crippen LogP contribution is 2.34. The molecule has 6 rings (SSSR count). The molecule has 1 saturated heterocycles. The number of fused-ring (bicyclic) bond motifs is 2. The zero-order valence-electron chi connectivity index (χ0n) is 20.2. The molecule has 1 unspecified atom stereocenters. The molecule has 2 fully saturated rings. The Labute approximate surface area is 212 Å². The van der Waals surface area contributed by atoms with Gasteiger partial charge in [-0.2, -0.15) is 0 Å². The highest BCUT2D eigenvalue weighted by Gasteiger charge is 2.45. The van der Waals surface area contributed by atoms with Crippen LogP contribution in [-0.2, 0) is 27.5 Å². The van der Waals surface area contributed by atoms with E-state index < -0.39 is 23.6 Å². The fourth-order valence-corrected chi connectivity index (χ4v) is 5.23. The maximum atomic E-state index is 13.3. The zero-order valence-corrected chi connectivity index (χ0v) is 20.2. The molecule has 10 nitrogen and oxygen atoms in total. The van der Waals surface area contributed by atoms with Crippen molar-refractivity contribution in [3.8, 4) is 5.75 Å². The number of imidazole rings is 1. The van der Waals surface area contributed by atoms with E-state index >= 15 is 0 Å². The summed E-state index contributed by atoms with van der Waals surface area (Å²) in [6.07, 6.45) is 4.03. The van der Waals surface area contributed by atoms with Crippen molar-refractivity contribution < 1.29 is 28.7 Å². The lowest BCUT2D eigenvalue weighted by molar-refractivity contribution is -0.132. The lowest BCUT2D eigenvalue weighted by Crippen LogP contribution is -2.47. The molecule has 0 bridgehead atoms. The monoisotopic (exact) mass is 502 g/mol. The van der Waals surface area contributed by atoms with Crippen molar-refractivity contribution in [1.82, 2.24) is 19.2 Å². The minimum absolute atomic E-state index is 0.106. The summed E-state index contributed by atoms with van der Waals surface area (Å²) in [6.45, 7) is 4.27. The number of hydrogen-bond acceptors (Lipinski definition) is 8. The molecule has 2 aliphatic heterocycles. The van der Waals surface area contributed by atoms with Crippen molar-refractivity contribution in [2.24, 2.45) is 0 Å². The predicted molar refractivity (Wildman–Crippen MR) is 130 cm³/mol. The van der Waals surface area contributed by atoms with Crippen LogP contribution in [0.1, 0.15) is 51.2 Å². The van der Waals surface area contributed by atoms with Gasteiger partial charge in [-0.1, -0.05) is 12.1 Å². The number of aromatic nitrogens is 2. The largest absolute Gasteiger partial charge is 0.486 e. The van der Waals surface area contributed by atoms with Crippen molar-refractivity contribution in [2.75, 3.05) is 26.3 Å². The number of imide groups is 1. The van der Waals surface area contributed by atoms with Gasteiger partial charge in [0.1, 0.15) is 23.8 Å². The average molecular weight is 503 g/mol. The quantitative estimate of drug-likeness (QED) is 0.372.